The molecule has 1 aliphatic heterocycles. The third-order valence-electron chi connectivity index (χ3n) is 2.98. The highest BCUT2D eigenvalue weighted by Crippen LogP contribution is 2.27. The van der Waals surface area contributed by atoms with Gasteiger partial charge in [0.2, 0.25) is 0 Å². The van der Waals surface area contributed by atoms with Crippen LogP contribution in [0.5, 0.6) is 0 Å². The Hall–Kier alpha value is -0.0800. The molecular formula is C10H21NO. The van der Waals surface area contributed by atoms with Gasteiger partial charge in [-0.2, -0.15) is 0 Å². The summed E-state index contributed by atoms with van der Waals surface area (Å²) in [5, 5.41) is 9.76. The van der Waals surface area contributed by atoms with E-state index in [-0.39, 0.29) is 5.60 Å². The summed E-state index contributed by atoms with van der Waals surface area (Å²) < 4.78 is 0. The zero-order valence-corrected chi connectivity index (χ0v) is 8.51. The molecule has 0 radical (unpaired) electrons. The van der Waals surface area contributed by atoms with E-state index in [9.17, 15) is 5.11 Å². The lowest BCUT2D eigenvalue weighted by Crippen LogP contribution is -2.63. The number of aliphatic hydroxyl groups is 1. The van der Waals surface area contributed by atoms with E-state index in [1.165, 1.54) is 12.8 Å². The van der Waals surface area contributed by atoms with Gasteiger partial charge in [0.1, 0.15) is 0 Å². The van der Waals surface area contributed by atoms with Crippen molar-refractivity contribution < 1.29 is 5.11 Å². The Morgan fingerprint density at radius 1 is 1.42 bits per heavy atom. The van der Waals surface area contributed by atoms with Crippen LogP contribution in [0.25, 0.3) is 0 Å². The van der Waals surface area contributed by atoms with Crippen molar-refractivity contribution in [3.05, 3.63) is 0 Å². The van der Waals surface area contributed by atoms with Crippen LogP contribution in [0.3, 0.4) is 0 Å². The quantitative estimate of drug-likeness (QED) is 0.695. The Kier molecular flexibility index (Phi) is 3.13. The predicted octanol–water partition coefficient (Wildman–Crippen LogP) is 1.63. The number of rotatable bonds is 4. The SMILES string of the molecule is CCCC(C)N1CC(O)(CC)C1. The minimum atomic E-state index is -0.359. The summed E-state index contributed by atoms with van der Waals surface area (Å²) in [5.41, 5.74) is -0.359. The molecule has 72 valence electrons. The Bertz CT molecular complexity index is 141. The first-order valence-corrected chi connectivity index (χ1v) is 5.07. The van der Waals surface area contributed by atoms with Crippen LogP contribution in [0.4, 0.5) is 0 Å². The molecule has 2 nitrogen and oxygen atoms in total. The van der Waals surface area contributed by atoms with Crippen LogP contribution in [-0.4, -0.2) is 34.7 Å². The molecule has 1 rings (SSSR count). The van der Waals surface area contributed by atoms with Gasteiger partial charge in [-0.3, -0.25) is 4.90 Å². The average molecular weight is 171 g/mol. The van der Waals surface area contributed by atoms with Gasteiger partial charge in [0.05, 0.1) is 5.60 Å². The molecule has 0 bridgehead atoms. The van der Waals surface area contributed by atoms with Crippen LogP contribution in [0.1, 0.15) is 40.0 Å². The monoisotopic (exact) mass is 171 g/mol. The zero-order valence-electron chi connectivity index (χ0n) is 8.51. The standard InChI is InChI=1S/C10H21NO/c1-4-6-9(3)11-7-10(12,5-2)8-11/h9,12H,4-8H2,1-3H3. The minimum Gasteiger partial charge on any atom is -0.387 e. The second-order valence-electron chi connectivity index (χ2n) is 4.12. The molecule has 0 spiro atoms. The van der Waals surface area contributed by atoms with Crippen molar-refractivity contribution in [2.45, 2.75) is 51.7 Å². The van der Waals surface area contributed by atoms with E-state index >= 15 is 0 Å². The maximum absolute atomic E-state index is 9.76. The number of β-amino-alcohol motifs (C(OH)–C–C–N with tert-alkyl or cyclic N) is 1. The molecule has 1 aliphatic rings. The maximum Gasteiger partial charge on any atom is 0.0897 e. The first kappa shape index (κ1) is 10.0. The van der Waals surface area contributed by atoms with E-state index in [0.717, 1.165) is 19.5 Å². The Balaban J connectivity index is 2.24. The van der Waals surface area contributed by atoms with Crippen molar-refractivity contribution >= 4 is 0 Å². The number of hydrogen-bond donors (Lipinski definition) is 1. The zero-order chi connectivity index (χ0) is 9.19. The smallest absolute Gasteiger partial charge is 0.0897 e. The van der Waals surface area contributed by atoms with Crippen LogP contribution in [-0.2, 0) is 0 Å². The second-order valence-corrected chi connectivity index (χ2v) is 4.12. The molecule has 0 aliphatic carbocycles. The molecule has 2 heteroatoms. The molecule has 1 N–H and O–H groups in total. The van der Waals surface area contributed by atoms with Gasteiger partial charge in [0.25, 0.3) is 0 Å². The molecule has 0 aromatic rings. The summed E-state index contributed by atoms with van der Waals surface area (Å²) in [6.45, 7) is 8.28. The Morgan fingerprint density at radius 3 is 2.42 bits per heavy atom. The molecule has 1 atom stereocenters. The average Bonchev–Trinajstić information content (AvgIpc) is 1.99. The molecule has 0 amide bonds. The summed E-state index contributed by atoms with van der Waals surface area (Å²) in [6, 6.07) is 0.654. The molecule has 1 heterocycles. The largest absolute Gasteiger partial charge is 0.387 e. The van der Waals surface area contributed by atoms with Gasteiger partial charge in [-0.15, -0.1) is 0 Å². The molecule has 1 fully saturated rings. The fraction of sp³-hybridized carbons (Fsp3) is 1.00. The summed E-state index contributed by atoms with van der Waals surface area (Å²) in [6.07, 6.45) is 3.38. The predicted molar refractivity (Wildman–Crippen MR) is 51.2 cm³/mol. The van der Waals surface area contributed by atoms with Crippen molar-refractivity contribution in [2.24, 2.45) is 0 Å². The topological polar surface area (TPSA) is 23.5 Å². The lowest BCUT2D eigenvalue weighted by Gasteiger charge is -2.49. The number of nitrogens with zero attached hydrogens (tertiary/aromatic N) is 1. The van der Waals surface area contributed by atoms with E-state index in [2.05, 4.69) is 25.7 Å². The van der Waals surface area contributed by atoms with Crippen molar-refractivity contribution in [1.29, 1.82) is 0 Å². The number of hydrogen-bond acceptors (Lipinski definition) is 2. The molecule has 12 heavy (non-hydrogen) atoms. The minimum absolute atomic E-state index is 0.359. The fourth-order valence-electron chi connectivity index (χ4n) is 1.85. The Morgan fingerprint density at radius 2 is 2.00 bits per heavy atom. The van der Waals surface area contributed by atoms with Crippen LogP contribution in [0.15, 0.2) is 0 Å². The third kappa shape index (κ3) is 1.99. The summed E-state index contributed by atoms with van der Waals surface area (Å²) >= 11 is 0. The summed E-state index contributed by atoms with van der Waals surface area (Å²) in [4.78, 5) is 2.37. The molecule has 1 saturated heterocycles. The van der Waals surface area contributed by atoms with Crippen LogP contribution in [0.2, 0.25) is 0 Å². The molecular weight excluding hydrogens is 150 g/mol. The van der Waals surface area contributed by atoms with Crippen molar-refractivity contribution in [1.82, 2.24) is 4.90 Å². The van der Waals surface area contributed by atoms with E-state index in [1.54, 1.807) is 0 Å². The van der Waals surface area contributed by atoms with Gasteiger partial charge >= 0.3 is 0 Å². The number of likely N-dealkylation sites (tertiary alicyclic amines) is 1. The van der Waals surface area contributed by atoms with Gasteiger partial charge in [-0.1, -0.05) is 20.3 Å². The van der Waals surface area contributed by atoms with Gasteiger partial charge in [0.15, 0.2) is 0 Å². The van der Waals surface area contributed by atoms with Crippen molar-refractivity contribution in [2.75, 3.05) is 13.1 Å². The van der Waals surface area contributed by atoms with E-state index in [4.69, 9.17) is 0 Å². The summed E-state index contributed by atoms with van der Waals surface area (Å²) in [7, 11) is 0. The first-order valence-electron chi connectivity index (χ1n) is 5.07. The first-order chi connectivity index (χ1) is 5.61. The highest BCUT2D eigenvalue weighted by Gasteiger charge is 2.40. The molecule has 0 aromatic heterocycles. The van der Waals surface area contributed by atoms with Crippen molar-refractivity contribution in [3.63, 3.8) is 0 Å². The molecule has 0 saturated carbocycles. The van der Waals surface area contributed by atoms with Crippen LogP contribution in [0, 0.1) is 0 Å². The third-order valence-corrected chi connectivity index (χ3v) is 2.98. The van der Waals surface area contributed by atoms with Gasteiger partial charge in [0, 0.05) is 19.1 Å². The van der Waals surface area contributed by atoms with Crippen LogP contribution >= 0.6 is 0 Å². The maximum atomic E-state index is 9.76. The van der Waals surface area contributed by atoms with Gasteiger partial charge in [-0.25, -0.2) is 0 Å². The van der Waals surface area contributed by atoms with Crippen LogP contribution < -0.4 is 0 Å². The fourth-order valence-corrected chi connectivity index (χ4v) is 1.85. The lowest BCUT2D eigenvalue weighted by atomic mass is 9.89. The second kappa shape index (κ2) is 3.75. The van der Waals surface area contributed by atoms with E-state index in [1.807, 2.05) is 0 Å². The van der Waals surface area contributed by atoms with Gasteiger partial charge < -0.3 is 5.11 Å². The molecule has 1 unspecified atom stereocenters. The normalized spacial score (nSPS) is 25.0. The highest BCUT2D eigenvalue weighted by molar-refractivity contribution is 4.96. The molecule has 0 aromatic carbocycles. The highest BCUT2D eigenvalue weighted by atomic mass is 16.3. The van der Waals surface area contributed by atoms with Crippen molar-refractivity contribution in [3.8, 4) is 0 Å². The van der Waals surface area contributed by atoms with E-state index in [0.29, 0.717) is 6.04 Å². The summed E-state index contributed by atoms with van der Waals surface area (Å²) in [5.74, 6) is 0. The lowest BCUT2D eigenvalue weighted by molar-refractivity contribution is -0.115. The van der Waals surface area contributed by atoms with E-state index < -0.39 is 0 Å². The Labute approximate surface area is 75.6 Å². The van der Waals surface area contributed by atoms with Gasteiger partial charge in [-0.05, 0) is 19.8 Å².